The van der Waals surface area contributed by atoms with Crippen LogP contribution >= 0.6 is 0 Å². The molecule has 7 heteroatoms. The van der Waals surface area contributed by atoms with Gasteiger partial charge < -0.3 is 4.90 Å². The Labute approximate surface area is 203 Å². The van der Waals surface area contributed by atoms with Gasteiger partial charge in [-0.3, -0.25) is 9.69 Å². The maximum atomic E-state index is 13.2. The zero-order valence-electron chi connectivity index (χ0n) is 19.6. The first-order valence-corrected chi connectivity index (χ1v) is 13.1. The summed E-state index contributed by atoms with van der Waals surface area (Å²) in [7, 11) is -3.71. The number of carbonyl (C=O) groups is 1. The van der Waals surface area contributed by atoms with Crippen LogP contribution in [0, 0.1) is 0 Å². The second kappa shape index (κ2) is 12.5. The molecule has 3 rings (SSSR count). The Balaban J connectivity index is 1.63. The SMILES string of the molecule is CCN(CCC(=O)N(CCc1ccc(S(N)(=O)=O)cc1)Cc1ccccc1)Cc1ccccc1. The fourth-order valence-electron chi connectivity index (χ4n) is 3.81. The lowest BCUT2D eigenvalue weighted by Crippen LogP contribution is -2.35. The molecule has 0 saturated carbocycles. The molecule has 3 aromatic rings. The molecule has 0 aromatic heterocycles. The highest BCUT2D eigenvalue weighted by molar-refractivity contribution is 7.89. The molecule has 180 valence electrons. The molecule has 3 aromatic carbocycles. The highest BCUT2D eigenvalue weighted by Gasteiger charge is 2.16. The third-order valence-corrected chi connectivity index (χ3v) is 6.76. The van der Waals surface area contributed by atoms with Gasteiger partial charge in [0.15, 0.2) is 0 Å². The number of hydrogen-bond donors (Lipinski definition) is 1. The van der Waals surface area contributed by atoms with Gasteiger partial charge in [-0.25, -0.2) is 13.6 Å². The molecule has 6 nitrogen and oxygen atoms in total. The average molecular weight is 480 g/mol. The van der Waals surface area contributed by atoms with Crippen molar-refractivity contribution in [3.63, 3.8) is 0 Å². The molecule has 0 aliphatic heterocycles. The van der Waals surface area contributed by atoms with Crippen molar-refractivity contribution in [2.45, 2.75) is 37.8 Å². The van der Waals surface area contributed by atoms with Crippen molar-refractivity contribution in [3.05, 3.63) is 102 Å². The largest absolute Gasteiger partial charge is 0.338 e. The number of nitrogens with zero attached hydrogens (tertiary/aromatic N) is 2. The van der Waals surface area contributed by atoms with E-state index in [1.165, 1.54) is 17.7 Å². The molecular weight excluding hydrogens is 446 g/mol. The summed E-state index contributed by atoms with van der Waals surface area (Å²) >= 11 is 0. The lowest BCUT2D eigenvalue weighted by atomic mass is 10.1. The van der Waals surface area contributed by atoms with E-state index in [0.29, 0.717) is 32.5 Å². The van der Waals surface area contributed by atoms with Crippen molar-refractivity contribution >= 4 is 15.9 Å². The van der Waals surface area contributed by atoms with E-state index in [-0.39, 0.29) is 10.8 Å². The summed E-state index contributed by atoms with van der Waals surface area (Å²) < 4.78 is 23.0. The lowest BCUT2D eigenvalue weighted by Gasteiger charge is -2.26. The van der Waals surface area contributed by atoms with Gasteiger partial charge in [0.1, 0.15) is 0 Å². The number of rotatable bonds is 12. The average Bonchev–Trinajstić information content (AvgIpc) is 2.85. The van der Waals surface area contributed by atoms with Gasteiger partial charge in [-0.2, -0.15) is 0 Å². The fraction of sp³-hybridized carbons (Fsp3) is 0.296. The second-order valence-electron chi connectivity index (χ2n) is 8.34. The van der Waals surface area contributed by atoms with E-state index in [9.17, 15) is 13.2 Å². The number of amides is 1. The summed E-state index contributed by atoms with van der Waals surface area (Å²) in [5.41, 5.74) is 3.27. The molecule has 0 aliphatic carbocycles. The van der Waals surface area contributed by atoms with Gasteiger partial charge >= 0.3 is 0 Å². The van der Waals surface area contributed by atoms with Crippen LogP contribution in [0.2, 0.25) is 0 Å². The molecule has 0 aliphatic rings. The van der Waals surface area contributed by atoms with Gasteiger partial charge in [0.2, 0.25) is 15.9 Å². The normalized spacial score (nSPS) is 11.5. The molecular formula is C27H33N3O3S. The van der Waals surface area contributed by atoms with E-state index in [1.54, 1.807) is 12.1 Å². The highest BCUT2D eigenvalue weighted by atomic mass is 32.2. The van der Waals surface area contributed by atoms with Gasteiger partial charge in [-0.05, 0) is 41.8 Å². The maximum absolute atomic E-state index is 13.2. The van der Waals surface area contributed by atoms with E-state index in [2.05, 4.69) is 24.0 Å². The van der Waals surface area contributed by atoms with Gasteiger partial charge in [0.25, 0.3) is 0 Å². The van der Waals surface area contributed by atoms with Crippen molar-refractivity contribution in [3.8, 4) is 0 Å². The Bertz CT molecular complexity index is 1130. The van der Waals surface area contributed by atoms with Crippen LogP contribution < -0.4 is 5.14 Å². The fourth-order valence-corrected chi connectivity index (χ4v) is 4.32. The number of hydrogen-bond acceptors (Lipinski definition) is 4. The van der Waals surface area contributed by atoms with E-state index >= 15 is 0 Å². The first-order chi connectivity index (χ1) is 16.3. The maximum Gasteiger partial charge on any atom is 0.238 e. The van der Waals surface area contributed by atoms with E-state index in [0.717, 1.165) is 24.2 Å². The second-order valence-corrected chi connectivity index (χ2v) is 9.91. The van der Waals surface area contributed by atoms with Gasteiger partial charge in [0, 0.05) is 32.6 Å². The van der Waals surface area contributed by atoms with Crippen molar-refractivity contribution in [1.29, 1.82) is 0 Å². The summed E-state index contributed by atoms with van der Waals surface area (Å²) in [5, 5.41) is 5.19. The van der Waals surface area contributed by atoms with Gasteiger partial charge in [-0.1, -0.05) is 79.7 Å². The first-order valence-electron chi connectivity index (χ1n) is 11.5. The minimum Gasteiger partial charge on any atom is -0.338 e. The van der Waals surface area contributed by atoms with Crippen LogP contribution in [0.25, 0.3) is 0 Å². The Kier molecular flexibility index (Phi) is 9.39. The smallest absolute Gasteiger partial charge is 0.238 e. The van der Waals surface area contributed by atoms with Crippen LogP contribution in [0.4, 0.5) is 0 Å². The summed E-state index contributed by atoms with van der Waals surface area (Å²) in [6, 6.07) is 26.8. The number of benzene rings is 3. The predicted octanol–water partition coefficient (Wildman–Crippen LogP) is 3.82. The topological polar surface area (TPSA) is 83.7 Å². The van der Waals surface area contributed by atoms with Crippen LogP contribution in [-0.4, -0.2) is 43.8 Å². The monoisotopic (exact) mass is 479 g/mol. The molecule has 0 atom stereocenters. The highest BCUT2D eigenvalue weighted by Crippen LogP contribution is 2.13. The Hall–Kier alpha value is -3.00. The van der Waals surface area contributed by atoms with Crippen LogP contribution in [0.1, 0.15) is 30.0 Å². The molecule has 0 saturated heterocycles. The zero-order chi connectivity index (χ0) is 24.4. The molecule has 1 amide bonds. The van der Waals surface area contributed by atoms with Crippen LogP contribution in [0.5, 0.6) is 0 Å². The van der Waals surface area contributed by atoms with Crippen molar-refractivity contribution < 1.29 is 13.2 Å². The van der Waals surface area contributed by atoms with Gasteiger partial charge in [0.05, 0.1) is 4.90 Å². The summed E-state index contributed by atoms with van der Waals surface area (Å²) in [6.45, 7) is 5.59. The van der Waals surface area contributed by atoms with Crippen LogP contribution in [-0.2, 0) is 34.3 Å². The number of nitrogens with two attached hydrogens (primary N) is 1. The predicted molar refractivity (Wildman–Crippen MR) is 135 cm³/mol. The van der Waals surface area contributed by atoms with Crippen LogP contribution in [0.15, 0.2) is 89.8 Å². The zero-order valence-corrected chi connectivity index (χ0v) is 20.5. The molecule has 2 N–H and O–H groups in total. The third-order valence-electron chi connectivity index (χ3n) is 5.83. The van der Waals surface area contributed by atoms with E-state index < -0.39 is 10.0 Å². The Morgan fingerprint density at radius 2 is 1.32 bits per heavy atom. The quantitative estimate of drug-likeness (QED) is 0.428. The third kappa shape index (κ3) is 8.09. The standard InChI is InChI=1S/C27H33N3O3S/c1-2-29(21-24-9-5-3-6-10-24)19-18-27(31)30(22-25-11-7-4-8-12-25)20-17-23-13-15-26(16-14-23)34(28,32)33/h3-16H,2,17-22H2,1H3,(H2,28,32,33). The van der Waals surface area contributed by atoms with Crippen molar-refractivity contribution in [2.24, 2.45) is 5.14 Å². The van der Waals surface area contributed by atoms with Crippen molar-refractivity contribution in [1.82, 2.24) is 9.80 Å². The molecule has 34 heavy (non-hydrogen) atoms. The minimum atomic E-state index is -3.71. The van der Waals surface area contributed by atoms with E-state index in [4.69, 9.17) is 5.14 Å². The van der Waals surface area contributed by atoms with E-state index in [1.807, 2.05) is 53.4 Å². The summed E-state index contributed by atoms with van der Waals surface area (Å²) in [6.07, 6.45) is 1.07. The molecule has 0 spiro atoms. The summed E-state index contributed by atoms with van der Waals surface area (Å²) in [4.78, 5) is 17.5. The number of primary sulfonamides is 1. The molecule has 0 heterocycles. The Morgan fingerprint density at radius 3 is 1.85 bits per heavy atom. The first kappa shape index (κ1) is 25.6. The molecule has 0 unspecified atom stereocenters. The molecule has 0 fully saturated rings. The van der Waals surface area contributed by atoms with Crippen molar-refractivity contribution in [2.75, 3.05) is 19.6 Å². The molecule has 0 bridgehead atoms. The van der Waals surface area contributed by atoms with Gasteiger partial charge in [-0.15, -0.1) is 0 Å². The lowest BCUT2D eigenvalue weighted by molar-refractivity contribution is -0.132. The Morgan fingerprint density at radius 1 is 0.765 bits per heavy atom. The molecule has 0 radical (unpaired) electrons. The minimum absolute atomic E-state index is 0.0894. The number of sulfonamides is 1. The van der Waals surface area contributed by atoms with Crippen LogP contribution in [0.3, 0.4) is 0 Å². The number of carbonyl (C=O) groups excluding carboxylic acids is 1. The summed E-state index contributed by atoms with van der Waals surface area (Å²) in [5.74, 6) is 0.108.